The van der Waals surface area contributed by atoms with Gasteiger partial charge in [-0.3, -0.25) is 10.1 Å². The Morgan fingerprint density at radius 2 is 2.10 bits per heavy atom. The first-order valence-corrected chi connectivity index (χ1v) is 7.49. The smallest absolute Gasteiger partial charge is 0.306 e. The van der Waals surface area contributed by atoms with Crippen molar-refractivity contribution in [2.45, 2.75) is 11.3 Å². The molecule has 0 fully saturated rings. The van der Waals surface area contributed by atoms with Crippen molar-refractivity contribution in [3.05, 3.63) is 34.1 Å². The van der Waals surface area contributed by atoms with Crippen LogP contribution in [0, 0.1) is 15.9 Å². The van der Waals surface area contributed by atoms with Crippen molar-refractivity contribution in [3.8, 4) is 0 Å². The summed E-state index contributed by atoms with van der Waals surface area (Å²) in [4.78, 5) is 9.20. The Bertz CT molecular complexity index is 592. The number of benzene rings is 1. The zero-order chi connectivity index (χ0) is 15.9. The van der Waals surface area contributed by atoms with Crippen molar-refractivity contribution in [2.24, 2.45) is 0 Å². The van der Waals surface area contributed by atoms with Crippen LogP contribution < -0.4 is 4.72 Å². The molecule has 0 spiro atoms. The summed E-state index contributed by atoms with van der Waals surface area (Å²) in [6.45, 7) is 0.355. The summed E-state index contributed by atoms with van der Waals surface area (Å²) in [5.74, 6) is -1.10. The number of sulfonamides is 1. The number of hydrogen-bond donors (Lipinski definition) is 2. The van der Waals surface area contributed by atoms with E-state index in [9.17, 15) is 22.9 Å². The molecule has 21 heavy (non-hydrogen) atoms. The van der Waals surface area contributed by atoms with E-state index in [0.717, 1.165) is 12.1 Å². The average molecular weight is 322 g/mol. The molecule has 8 nitrogen and oxygen atoms in total. The SMILES string of the molecule is O=[N+]([O-])c1cc(S(=O)(=O)NCCCOCCO)ccc1F. The third-order valence-electron chi connectivity index (χ3n) is 2.42. The fourth-order valence-electron chi connectivity index (χ4n) is 1.43. The molecular formula is C11H15FN2O6S. The Morgan fingerprint density at radius 1 is 1.38 bits per heavy atom. The van der Waals surface area contributed by atoms with Crippen LogP contribution in [0.2, 0.25) is 0 Å². The van der Waals surface area contributed by atoms with Gasteiger partial charge >= 0.3 is 5.69 Å². The third-order valence-corrected chi connectivity index (χ3v) is 3.88. The maximum atomic E-state index is 13.1. The Hall–Kier alpha value is -1.62. The standard InChI is InChI=1S/C11H15FN2O6S/c12-10-3-2-9(8-11(10)14(16)17)21(18,19)13-4-1-6-20-7-5-15/h2-3,8,13,15H,1,4-7H2. The van der Waals surface area contributed by atoms with E-state index in [1.165, 1.54) is 0 Å². The van der Waals surface area contributed by atoms with Crippen molar-refractivity contribution in [2.75, 3.05) is 26.4 Å². The molecule has 0 atom stereocenters. The number of nitrogens with zero attached hydrogens (tertiary/aromatic N) is 1. The first-order chi connectivity index (χ1) is 9.88. The topological polar surface area (TPSA) is 119 Å². The molecule has 0 aromatic heterocycles. The van der Waals surface area contributed by atoms with Crippen LogP contribution in [0.15, 0.2) is 23.1 Å². The van der Waals surface area contributed by atoms with Crippen molar-refractivity contribution in [1.82, 2.24) is 4.72 Å². The van der Waals surface area contributed by atoms with E-state index < -0.39 is 26.5 Å². The molecule has 0 aliphatic heterocycles. The second kappa shape index (κ2) is 7.98. The van der Waals surface area contributed by atoms with Gasteiger partial charge in [-0.15, -0.1) is 0 Å². The number of aliphatic hydroxyl groups excluding tert-OH is 1. The minimum Gasteiger partial charge on any atom is -0.394 e. The molecule has 2 N–H and O–H groups in total. The van der Waals surface area contributed by atoms with Crippen molar-refractivity contribution in [3.63, 3.8) is 0 Å². The van der Waals surface area contributed by atoms with Crippen LogP contribution in [0.5, 0.6) is 0 Å². The highest BCUT2D eigenvalue weighted by Gasteiger charge is 2.21. The number of aliphatic hydroxyl groups is 1. The number of nitro benzene ring substituents is 1. The molecule has 0 amide bonds. The summed E-state index contributed by atoms with van der Waals surface area (Å²) in [5, 5.41) is 19.0. The van der Waals surface area contributed by atoms with E-state index in [1.807, 2.05) is 0 Å². The highest BCUT2D eigenvalue weighted by atomic mass is 32.2. The maximum Gasteiger partial charge on any atom is 0.306 e. The first kappa shape index (κ1) is 17.4. The van der Waals surface area contributed by atoms with Gasteiger partial charge in [0, 0.05) is 19.2 Å². The lowest BCUT2D eigenvalue weighted by molar-refractivity contribution is -0.387. The minimum absolute atomic E-state index is 0.0545. The number of nitro groups is 1. The summed E-state index contributed by atoms with van der Waals surface area (Å²) in [5.41, 5.74) is -0.899. The van der Waals surface area contributed by atoms with Gasteiger partial charge in [-0.05, 0) is 18.6 Å². The van der Waals surface area contributed by atoms with Crippen LogP contribution in [0.1, 0.15) is 6.42 Å². The molecule has 0 saturated carbocycles. The van der Waals surface area contributed by atoms with Gasteiger partial charge in [0.25, 0.3) is 0 Å². The lowest BCUT2D eigenvalue weighted by atomic mass is 10.3. The Morgan fingerprint density at radius 3 is 2.71 bits per heavy atom. The van der Waals surface area contributed by atoms with E-state index in [-0.39, 0.29) is 31.3 Å². The van der Waals surface area contributed by atoms with E-state index in [2.05, 4.69) is 4.72 Å². The molecule has 0 unspecified atom stereocenters. The summed E-state index contributed by atoms with van der Waals surface area (Å²) >= 11 is 0. The second-order valence-electron chi connectivity index (χ2n) is 3.96. The number of ether oxygens (including phenoxy) is 1. The van der Waals surface area contributed by atoms with Gasteiger partial charge in [0.15, 0.2) is 0 Å². The molecule has 1 aromatic carbocycles. The van der Waals surface area contributed by atoms with Crippen molar-refractivity contribution in [1.29, 1.82) is 0 Å². The number of rotatable bonds is 9. The molecule has 0 bridgehead atoms. The molecule has 0 saturated heterocycles. The summed E-state index contributed by atoms with van der Waals surface area (Å²) in [7, 11) is -3.95. The van der Waals surface area contributed by atoms with E-state index in [4.69, 9.17) is 9.84 Å². The van der Waals surface area contributed by atoms with E-state index in [1.54, 1.807) is 0 Å². The van der Waals surface area contributed by atoms with Gasteiger partial charge in [-0.2, -0.15) is 4.39 Å². The molecule has 118 valence electrons. The molecule has 0 radical (unpaired) electrons. The zero-order valence-corrected chi connectivity index (χ0v) is 11.8. The summed E-state index contributed by atoms with van der Waals surface area (Å²) in [6.07, 6.45) is 0.364. The molecule has 1 rings (SSSR count). The lowest BCUT2D eigenvalue weighted by Gasteiger charge is -2.07. The second-order valence-corrected chi connectivity index (χ2v) is 5.72. The number of hydrogen-bond acceptors (Lipinski definition) is 6. The van der Waals surface area contributed by atoms with Crippen LogP contribution in [-0.2, 0) is 14.8 Å². The largest absolute Gasteiger partial charge is 0.394 e. The molecular weight excluding hydrogens is 307 g/mol. The molecule has 0 aliphatic carbocycles. The van der Waals surface area contributed by atoms with E-state index in [0.29, 0.717) is 12.5 Å². The van der Waals surface area contributed by atoms with Crippen LogP contribution in [0.25, 0.3) is 0 Å². The van der Waals surface area contributed by atoms with Gasteiger partial charge in [0.2, 0.25) is 15.8 Å². The van der Waals surface area contributed by atoms with Gasteiger partial charge in [0.1, 0.15) is 0 Å². The van der Waals surface area contributed by atoms with E-state index >= 15 is 0 Å². The molecule has 10 heteroatoms. The third kappa shape index (κ3) is 5.34. The summed E-state index contributed by atoms with van der Waals surface area (Å²) < 4.78 is 44.0. The predicted octanol–water partition coefficient (Wildman–Crippen LogP) is 0.411. The highest BCUT2D eigenvalue weighted by Crippen LogP contribution is 2.21. The normalized spacial score (nSPS) is 11.5. The van der Waals surface area contributed by atoms with Crippen molar-refractivity contribution < 1.29 is 27.6 Å². The number of nitrogens with one attached hydrogen (secondary N) is 1. The lowest BCUT2D eigenvalue weighted by Crippen LogP contribution is -2.25. The van der Waals surface area contributed by atoms with Gasteiger partial charge in [0.05, 0.1) is 23.0 Å². The fourth-order valence-corrected chi connectivity index (χ4v) is 2.52. The van der Waals surface area contributed by atoms with Crippen molar-refractivity contribution >= 4 is 15.7 Å². The van der Waals surface area contributed by atoms with Crippen LogP contribution in [-0.4, -0.2) is 44.8 Å². The molecule has 0 heterocycles. The molecule has 0 aliphatic rings. The maximum absolute atomic E-state index is 13.1. The van der Waals surface area contributed by atoms with Gasteiger partial charge in [-0.1, -0.05) is 0 Å². The minimum atomic E-state index is -3.95. The van der Waals surface area contributed by atoms with Gasteiger partial charge in [-0.25, -0.2) is 13.1 Å². The average Bonchev–Trinajstić information content (AvgIpc) is 2.42. The number of halogens is 1. The van der Waals surface area contributed by atoms with Gasteiger partial charge < -0.3 is 9.84 Å². The summed E-state index contributed by atoms with van der Waals surface area (Å²) in [6, 6.07) is 2.35. The first-order valence-electron chi connectivity index (χ1n) is 6.00. The van der Waals surface area contributed by atoms with Crippen LogP contribution in [0.3, 0.4) is 0 Å². The van der Waals surface area contributed by atoms with Crippen LogP contribution in [0.4, 0.5) is 10.1 Å². The van der Waals surface area contributed by atoms with Crippen LogP contribution >= 0.6 is 0 Å². The molecule has 1 aromatic rings. The monoisotopic (exact) mass is 322 g/mol. The Labute approximate surface area is 120 Å². The zero-order valence-electron chi connectivity index (χ0n) is 11.0. The highest BCUT2D eigenvalue weighted by molar-refractivity contribution is 7.89. The predicted molar refractivity (Wildman–Crippen MR) is 70.8 cm³/mol. The fraction of sp³-hybridized carbons (Fsp3) is 0.455. The Balaban J connectivity index is 2.66. The quantitative estimate of drug-likeness (QED) is 0.386. The Kier molecular flexibility index (Phi) is 6.62.